The van der Waals surface area contributed by atoms with Crippen LogP contribution in [0.3, 0.4) is 0 Å². The van der Waals surface area contributed by atoms with Crippen LogP contribution in [-0.2, 0) is 4.79 Å². The molecule has 1 atom stereocenters. The largest absolute Gasteiger partial charge is 0.369 e. The SMILES string of the molecule is CCC(C(N)=O)c1ccccc1Br. The summed E-state index contributed by atoms with van der Waals surface area (Å²) in [5.41, 5.74) is 6.26. The van der Waals surface area contributed by atoms with Gasteiger partial charge >= 0.3 is 0 Å². The lowest BCUT2D eigenvalue weighted by atomic mass is 9.96. The van der Waals surface area contributed by atoms with E-state index in [9.17, 15) is 4.79 Å². The van der Waals surface area contributed by atoms with Crippen LogP contribution >= 0.6 is 15.9 Å². The van der Waals surface area contributed by atoms with Gasteiger partial charge in [0.1, 0.15) is 0 Å². The highest BCUT2D eigenvalue weighted by Gasteiger charge is 2.17. The molecule has 1 aromatic carbocycles. The lowest BCUT2D eigenvalue weighted by molar-refractivity contribution is -0.119. The molecule has 0 aliphatic rings. The van der Waals surface area contributed by atoms with Crippen molar-refractivity contribution >= 4 is 21.8 Å². The minimum atomic E-state index is -0.269. The molecule has 0 aromatic heterocycles. The van der Waals surface area contributed by atoms with Crippen LogP contribution in [0.4, 0.5) is 0 Å². The van der Waals surface area contributed by atoms with Gasteiger partial charge in [0, 0.05) is 4.47 Å². The van der Waals surface area contributed by atoms with Crippen LogP contribution in [0, 0.1) is 0 Å². The monoisotopic (exact) mass is 241 g/mol. The van der Waals surface area contributed by atoms with Crippen molar-refractivity contribution in [3.63, 3.8) is 0 Å². The van der Waals surface area contributed by atoms with Crippen molar-refractivity contribution in [1.29, 1.82) is 0 Å². The molecule has 0 bridgehead atoms. The number of hydrogen-bond acceptors (Lipinski definition) is 1. The standard InChI is InChI=1S/C10H12BrNO/c1-2-7(10(12)13)8-5-3-4-6-9(8)11/h3-7H,2H2,1H3,(H2,12,13). The van der Waals surface area contributed by atoms with Crippen molar-refractivity contribution in [1.82, 2.24) is 0 Å². The van der Waals surface area contributed by atoms with Gasteiger partial charge in [0.25, 0.3) is 0 Å². The third kappa shape index (κ3) is 2.31. The molecule has 0 aliphatic carbocycles. The van der Waals surface area contributed by atoms with Gasteiger partial charge < -0.3 is 5.73 Å². The molecule has 1 aromatic rings. The van der Waals surface area contributed by atoms with Gasteiger partial charge in [0.2, 0.25) is 5.91 Å². The topological polar surface area (TPSA) is 43.1 Å². The number of benzene rings is 1. The first kappa shape index (κ1) is 10.3. The number of rotatable bonds is 3. The molecule has 2 N–H and O–H groups in total. The maximum atomic E-state index is 11.1. The molecule has 0 saturated heterocycles. The molecular weight excluding hydrogens is 230 g/mol. The minimum absolute atomic E-state index is 0.185. The summed E-state index contributed by atoms with van der Waals surface area (Å²) in [4.78, 5) is 11.1. The second-order valence-corrected chi connectivity index (χ2v) is 3.74. The van der Waals surface area contributed by atoms with E-state index in [1.54, 1.807) is 0 Å². The highest BCUT2D eigenvalue weighted by atomic mass is 79.9. The van der Waals surface area contributed by atoms with Crippen molar-refractivity contribution in [3.05, 3.63) is 34.3 Å². The number of carbonyl (C=O) groups excluding carboxylic acids is 1. The van der Waals surface area contributed by atoms with Crippen molar-refractivity contribution in [2.45, 2.75) is 19.3 Å². The Morgan fingerprint density at radius 3 is 2.62 bits per heavy atom. The zero-order valence-electron chi connectivity index (χ0n) is 7.46. The quantitative estimate of drug-likeness (QED) is 0.868. The van der Waals surface area contributed by atoms with Crippen LogP contribution in [0.15, 0.2) is 28.7 Å². The van der Waals surface area contributed by atoms with E-state index in [1.165, 1.54) is 0 Å². The Kier molecular flexibility index (Phi) is 3.48. The van der Waals surface area contributed by atoms with Gasteiger partial charge in [-0.15, -0.1) is 0 Å². The summed E-state index contributed by atoms with van der Waals surface area (Å²) in [7, 11) is 0. The van der Waals surface area contributed by atoms with Crippen LogP contribution in [0.25, 0.3) is 0 Å². The summed E-state index contributed by atoms with van der Waals surface area (Å²) in [6, 6.07) is 7.66. The van der Waals surface area contributed by atoms with Crippen molar-refractivity contribution < 1.29 is 4.79 Å². The van der Waals surface area contributed by atoms with Gasteiger partial charge in [-0.1, -0.05) is 41.1 Å². The van der Waals surface area contributed by atoms with E-state index in [0.717, 1.165) is 16.5 Å². The molecule has 1 rings (SSSR count). The Morgan fingerprint density at radius 2 is 2.15 bits per heavy atom. The van der Waals surface area contributed by atoms with Gasteiger partial charge in [-0.2, -0.15) is 0 Å². The molecule has 0 spiro atoms. The van der Waals surface area contributed by atoms with Crippen molar-refractivity contribution in [2.24, 2.45) is 5.73 Å². The first-order valence-electron chi connectivity index (χ1n) is 4.20. The highest BCUT2D eigenvalue weighted by molar-refractivity contribution is 9.10. The highest BCUT2D eigenvalue weighted by Crippen LogP contribution is 2.26. The molecule has 1 amide bonds. The summed E-state index contributed by atoms with van der Waals surface area (Å²) >= 11 is 3.40. The number of primary amides is 1. The number of amides is 1. The second kappa shape index (κ2) is 4.42. The van der Waals surface area contributed by atoms with E-state index < -0.39 is 0 Å². The maximum Gasteiger partial charge on any atom is 0.224 e. The Labute approximate surface area is 86.3 Å². The van der Waals surface area contributed by atoms with Gasteiger partial charge in [-0.3, -0.25) is 4.79 Å². The molecule has 0 fully saturated rings. The molecule has 0 saturated carbocycles. The van der Waals surface area contributed by atoms with E-state index in [1.807, 2.05) is 31.2 Å². The fraction of sp³-hybridized carbons (Fsp3) is 0.300. The number of hydrogen-bond donors (Lipinski definition) is 1. The third-order valence-corrected chi connectivity index (χ3v) is 2.75. The fourth-order valence-corrected chi connectivity index (χ4v) is 1.89. The van der Waals surface area contributed by atoms with E-state index in [0.29, 0.717) is 0 Å². The van der Waals surface area contributed by atoms with Crippen molar-refractivity contribution in [2.75, 3.05) is 0 Å². The van der Waals surface area contributed by atoms with Gasteiger partial charge in [-0.25, -0.2) is 0 Å². The molecular formula is C10H12BrNO. The van der Waals surface area contributed by atoms with Crippen molar-refractivity contribution in [3.8, 4) is 0 Å². The Bertz CT molecular complexity index is 312. The van der Waals surface area contributed by atoms with Gasteiger partial charge in [0.05, 0.1) is 5.92 Å². The van der Waals surface area contributed by atoms with E-state index in [4.69, 9.17) is 5.73 Å². The molecule has 3 heteroatoms. The average molecular weight is 242 g/mol. The van der Waals surface area contributed by atoms with Crippen LogP contribution in [0.5, 0.6) is 0 Å². The molecule has 2 nitrogen and oxygen atoms in total. The predicted octanol–water partition coefficient (Wildman–Crippen LogP) is 2.43. The van der Waals surface area contributed by atoms with Crippen LogP contribution in [0.1, 0.15) is 24.8 Å². The molecule has 0 radical (unpaired) electrons. The predicted molar refractivity (Wildman–Crippen MR) is 56.4 cm³/mol. The number of halogens is 1. The minimum Gasteiger partial charge on any atom is -0.369 e. The van der Waals surface area contributed by atoms with E-state index >= 15 is 0 Å². The first-order valence-corrected chi connectivity index (χ1v) is 4.99. The number of carbonyl (C=O) groups is 1. The Morgan fingerprint density at radius 1 is 1.54 bits per heavy atom. The van der Waals surface area contributed by atoms with Crippen LogP contribution < -0.4 is 5.73 Å². The molecule has 13 heavy (non-hydrogen) atoms. The first-order chi connectivity index (χ1) is 6.16. The normalized spacial score (nSPS) is 12.5. The average Bonchev–Trinajstić information content (AvgIpc) is 2.09. The van der Waals surface area contributed by atoms with Crippen LogP contribution in [0.2, 0.25) is 0 Å². The summed E-state index contributed by atoms with van der Waals surface area (Å²) in [6.45, 7) is 1.95. The molecule has 0 heterocycles. The zero-order valence-corrected chi connectivity index (χ0v) is 9.04. The van der Waals surface area contributed by atoms with Crippen LogP contribution in [-0.4, -0.2) is 5.91 Å². The summed E-state index contributed by atoms with van der Waals surface area (Å²) in [5.74, 6) is -0.454. The Hall–Kier alpha value is -0.830. The summed E-state index contributed by atoms with van der Waals surface area (Å²) < 4.78 is 0.945. The molecule has 0 aliphatic heterocycles. The van der Waals surface area contributed by atoms with Gasteiger partial charge in [0.15, 0.2) is 0 Å². The fourth-order valence-electron chi connectivity index (χ4n) is 1.33. The number of nitrogens with two attached hydrogens (primary N) is 1. The zero-order chi connectivity index (χ0) is 9.84. The van der Waals surface area contributed by atoms with E-state index in [2.05, 4.69) is 15.9 Å². The lowest BCUT2D eigenvalue weighted by Gasteiger charge is -2.12. The summed E-state index contributed by atoms with van der Waals surface area (Å²) in [6.07, 6.45) is 0.734. The summed E-state index contributed by atoms with van der Waals surface area (Å²) in [5, 5.41) is 0. The second-order valence-electron chi connectivity index (χ2n) is 2.88. The van der Waals surface area contributed by atoms with Gasteiger partial charge in [-0.05, 0) is 18.1 Å². The maximum absolute atomic E-state index is 11.1. The third-order valence-electron chi connectivity index (χ3n) is 2.03. The molecule has 1 unspecified atom stereocenters. The lowest BCUT2D eigenvalue weighted by Crippen LogP contribution is -2.21. The Balaban J connectivity index is 3.04. The molecule has 70 valence electrons. The van der Waals surface area contributed by atoms with E-state index in [-0.39, 0.29) is 11.8 Å². The smallest absolute Gasteiger partial charge is 0.224 e.